The maximum absolute atomic E-state index is 14.5. The molecule has 0 unspecified atom stereocenters. The second-order valence-electron chi connectivity index (χ2n) is 5.96. The molecule has 0 aliphatic carbocycles. The van der Waals surface area contributed by atoms with Crippen LogP contribution in [0.4, 0.5) is 10.1 Å². The van der Waals surface area contributed by atoms with Gasteiger partial charge in [0.1, 0.15) is 5.82 Å². The molecule has 0 aromatic heterocycles. The topological polar surface area (TPSA) is 58.2 Å². The third-order valence-corrected chi connectivity index (χ3v) is 5.30. The van der Waals surface area contributed by atoms with Crippen LogP contribution >= 0.6 is 23.4 Å². The minimum Gasteiger partial charge on any atom is -0.323 e. The molecule has 0 atom stereocenters. The minimum atomic E-state index is -0.361. The third-order valence-electron chi connectivity index (χ3n) is 4.11. The molecule has 2 aromatic carbocycles. The van der Waals surface area contributed by atoms with Crippen molar-refractivity contribution in [3.63, 3.8) is 0 Å². The number of ketones is 1. The predicted octanol–water partition coefficient (Wildman–Crippen LogP) is 3.68. The first-order chi connectivity index (χ1) is 12.5. The first-order valence-electron chi connectivity index (χ1n) is 8.22. The number of Topliss-reactive ketones (excluding diaryl/α,β-unsaturated/α-hetero) is 1. The summed E-state index contributed by atoms with van der Waals surface area (Å²) in [5, 5.41) is 6.35. The van der Waals surface area contributed by atoms with E-state index in [1.165, 1.54) is 11.8 Å². The van der Waals surface area contributed by atoms with Gasteiger partial charge in [0.15, 0.2) is 5.78 Å². The number of anilines is 1. The Balaban J connectivity index is 1.51. The summed E-state index contributed by atoms with van der Waals surface area (Å²) in [4.78, 5) is 24.1. The summed E-state index contributed by atoms with van der Waals surface area (Å²) in [5.41, 5.74) is 2.33. The van der Waals surface area contributed by atoms with E-state index in [1.54, 1.807) is 30.3 Å². The summed E-state index contributed by atoms with van der Waals surface area (Å²) < 4.78 is 14.5. The lowest BCUT2D eigenvalue weighted by molar-refractivity contribution is -0.113. The highest BCUT2D eigenvalue weighted by molar-refractivity contribution is 8.00. The number of fused-ring (bicyclic) bond motifs is 1. The number of carbonyl (C=O) groups excluding carboxylic acids is 2. The lowest BCUT2D eigenvalue weighted by atomic mass is 9.99. The Morgan fingerprint density at radius 3 is 2.69 bits per heavy atom. The second kappa shape index (κ2) is 8.66. The first-order valence-corrected chi connectivity index (χ1v) is 9.75. The van der Waals surface area contributed by atoms with E-state index in [0.717, 1.165) is 12.1 Å². The number of carbonyl (C=O) groups is 2. The SMILES string of the molecule is O=C(CSCC(=O)c1ccc(Cl)cc1)Nc1ccc2c(c1F)CCNC2. The molecular formula is C19H18ClFN2O2S. The van der Waals surface area contributed by atoms with E-state index in [0.29, 0.717) is 29.1 Å². The van der Waals surface area contributed by atoms with Crippen molar-refractivity contribution in [3.05, 3.63) is 63.9 Å². The van der Waals surface area contributed by atoms with Crippen molar-refractivity contribution in [1.29, 1.82) is 0 Å². The molecule has 4 nitrogen and oxygen atoms in total. The predicted molar refractivity (Wildman–Crippen MR) is 104 cm³/mol. The van der Waals surface area contributed by atoms with Gasteiger partial charge in [-0.1, -0.05) is 17.7 Å². The average molecular weight is 393 g/mol. The van der Waals surface area contributed by atoms with Crippen LogP contribution in [-0.4, -0.2) is 29.7 Å². The van der Waals surface area contributed by atoms with Crippen LogP contribution in [0.25, 0.3) is 0 Å². The highest BCUT2D eigenvalue weighted by Gasteiger charge is 2.17. The molecule has 1 heterocycles. The van der Waals surface area contributed by atoms with E-state index in [4.69, 9.17) is 11.6 Å². The van der Waals surface area contributed by atoms with Gasteiger partial charge in [-0.15, -0.1) is 11.8 Å². The van der Waals surface area contributed by atoms with Crippen LogP contribution < -0.4 is 10.6 Å². The van der Waals surface area contributed by atoms with E-state index < -0.39 is 0 Å². The molecule has 1 aliphatic rings. The summed E-state index contributed by atoms with van der Waals surface area (Å²) in [5.74, 6) is -0.511. The highest BCUT2D eigenvalue weighted by Crippen LogP contribution is 2.24. The molecule has 26 heavy (non-hydrogen) atoms. The van der Waals surface area contributed by atoms with Crippen molar-refractivity contribution in [2.24, 2.45) is 0 Å². The van der Waals surface area contributed by atoms with E-state index in [1.807, 2.05) is 6.07 Å². The first kappa shape index (κ1) is 18.9. The lowest BCUT2D eigenvalue weighted by Crippen LogP contribution is -2.25. The third kappa shape index (κ3) is 4.63. The van der Waals surface area contributed by atoms with Crippen molar-refractivity contribution in [2.75, 3.05) is 23.4 Å². The molecule has 2 aromatic rings. The molecule has 0 fully saturated rings. The van der Waals surface area contributed by atoms with Crippen molar-refractivity contribution >= 4 is 40.7 Å². The summed E-state index contributed by atoms with van der Waals surface area (Å²) in [6.45, 7) is 1.37. The molecule has 0 saturated carbocycles. The van der Waals surface area contributed by atoms with Crippen molar-refractivity contribution in [1.82, 2.24) is 5.32 Å². The Morgan fingerprint density at radius 2 is 1.92 bits per heavy atom. The molecule has 0 bridgehead atoms. The molecule has 0 saturated heterocycles. The number of benzene rings is 2. The monoisotopic (exact) mass is 392 g/mol. The largest absolute Gasteiger partial charge is 0.323 e. The Morgan fingerprint density at radius 1 is 1.15 bits per heavy atom. The molecular weight excluding hydrogens is 375 g/mol. The lowest BCUT2D eigenvalue weighted by Gasteiger charge is -2.19. The molecule has 3 rings (SSSR count). The zero-order valence-corrected chi connectivity index (χ0v) is 15.6. The van der Waals surface area contributed by atoms with Crippen LogP contribution in [0.3, 0.4) is 0 Å². The number of thioether (sulfide) groups is 1. The van der Waals surface area contributed by atoms with Gasteiger partial charge in [0.05, 0.1) is 17.2 Å². The fourth-order valence-corrected chi connectivity index (χ4v) is 3.61. The Bertz CT molecular complexity index is 827. The second-order valence-corrected chi connectivity index (χ2v) is 7.38. The molecule has 7 heteroatoms. The standard InChI is InChI=1S/C19H18ClFN2O2S/c20-14-4-1-12(2-5-14)17(24)10-26-11-18(25)23-16-6-3-13-9-22-8-7-15(13)19(16)21/h1-6,22H,7-11H2,(H,23,25). The van der Waals surface area contributed by atoms with Gasteiger partial charge in [-0.2, -0.15) is 0 Å². The summed E-state index contributed by atoms with van der Waals surface area (Å²) in [7, 11) is 0. The van der Waals surface area contributed by atoms with Gasteiger partial charge in [0.25, 0.3) is 0 Å². The quantitative estimate of drug-likeness (QED) is 0.736. The van der Waals surface area contributed by atoms with Crippen LogP contribution in [0.15, 0.2) is 36.4 Å². The molecule has 1 amide bonds. The van der Waals surface area contributed by atoms with Crippen molar-refractivity contribution < 1.29 is 14.0 Å². The van der Waals surface area contributed by atoms with Gasteiger partial charge in [0.2, 0.25) is 5.91 Å². The fraction of sp³-hybridized carbons (Fsp3) is 0.263. The average Bonchev–Trinajstić information content (AvgIpc) is 2.65. The van der Waals surface area contributed by atoms with Gasteiger partial charge in [-0.25, -0.2) is 4.39 Å². The summed E-state index contributed by atoms with van der Waals surface area (Å²) in [6.07, 6.45) is 0.606. The molecule has 2 N–H and O–H groups in total. The van der Waals surface area contributed by atoms with E-state index in [9.17, 15) is 14.0 Å². The summed E-state index contributed by atoms with van der Waals surface area (Å²) in [6, 6.07) is 10.0. The maximum Gasteiger partial charge on any atom is 0.234 e. The van der Waals surface area contributed by atoms with Crippen LogP contribution in [0.2, 0.25) is 5.02 Å². The number of rotatable bonds is 6. The molecule has 1 aliphatic heterocycles. The molecule has 0 spiro atoms. The number of amides is 1. The Labute approximate surface area is 160 Å². The number of nitrogens with one attached hydrogen (secondary N) is 2. The van der Waals surface area contributed by atoms with E-state index >= 15 is 0 Å². The number of halogens is 2. The van der Waals surface area contributed by atoms with E-state index in [2.05, 4.69) is 10.6 Å². The highest BCUT2D eigenvalue weighted by atomic mass is 35.5. The van der Waals surface area contributed by atoms with Crippen LogP contribution in [0.5, 0.6) is 0 Å². The van der Waals surface area contributed by atoms with Gasteiger partial charge >= 0.3 is 0 Å². The molecule has 0 radical (unpaired) electrons. The summed E-state index contributed by atoms with van der Waals surface area (Å²) >= 11 is 6.99. The zero-order valence-electron chi connectivity index (χ0n) is 14.0. The Kier molecular flexibility index (Phi) is 6.29. The van der Waals surface area contributed by atoms with Gasteiger partial charge in [-0.05, 0) is 54.4 Å². The van der Waals surface area contributed by atoms with Crippen LogP contribution in [0, 0.1) is 5.82 Å². The van der Waals surface area contributed by atoms with Crippen molar-refractivity contribution in [2.45, 2.75) is 13.0 Å². The zero-order chi connectivity index (χ0) is 18.5. The maximum atomic E-state index is 14.5. The van der Waals surface area contributed by atoms with Gasteiger partial charge in [-0.3, -0.25) is 9.59 Å². The van der Waals surface area contributed by atoms with Crippen LogP contribution in [0.1, 0.15) is 21.5 Å². The van der Waals surface area contributed by atoms with Gasteiger partial charge < -0.3 is 10.6 Å². The molecule has 136 valence electrons. The normalized spacial score (nSPS) is 13.2. The van der Waals surface area contributed by atoms with Crippen LogP contribution in [-0.2, 0) is 17.8 Å². The number of hydrogen-bond acceptors (Lipinski definition) is 4. The van der Waals surface area contributed by atoms with Gasteiger partial charge in [0, 0.05) is 17.1 Å². The van der Waals surface area contributed by atoms with Crippen molar-refractivity contribution in [3.8, 4) is 0 Å². The minimum absolute atomic E-state index is 0.0769. The Hall–Kier alpha value is -1.89. The smallest absolute Gasteiger partial charge is 0.234 e. The fourth-order valence-electron chi connectivity index (χ4n) is 2.77. The van der Waals surface area contributed by atoms with E-state index in [-0.39, 0.29) is 34.7 Å². The number of hydrogen-bond donors (Lipinski definition) is 2.